The molecule has 1 N–H and O–H groups in total. The summed E-state index contributed by atoms with van der Waals surface area (Å²) in [4.78, 5) is 0. The van der Waals surface area contributed by atoms with Gasteiger partial charge in [-0.25, -0.2) is 4.39 Å². The van der Waals surface area contributed by atoms with Crippen molar-refractivity contribution < 1.29 is 9.13 Å². The lowest BCUT2D eigenvalue weighted by molar-refractivity contribution is 0.481. The van der Waals surface area contributed by atoms with Gasteiger partial charge in [0, 0.05) is 6.54 Å². The molecule has 0 aliphatic heterocycles. The summed E-state index contributed by atoms with van der Waals surface area (Å²) in [5.41, 5.74) is 2.30. The molecule has 0 spiro atoms. The van der Waals surface area contributed by atoms with E-state index in [1.54, 1.807) is 0 Å². The Morgan fingerprint density at radius 2 is 1.50 bits per heavy atom. The third-order valence-electron chi connectivity index (χ3n) is 3.71. The molecule has 3 rings (SSSR count). The normalized spacial score (nSPS) is 10.5. The number of benzene rings is 3. The zero-order chi connectivity index (χ0) is 16.6. The lowest BCUT2D eigenvalue weighted by Crippen LogP contribution is -2.16. The molecular weight excluding hydrogens is 301 g/mol. The van der Waals surface area contributed by atoms with E-state index in [0.29, 0.717) is 0 Å². The maximum absolute atomic E-state index is 12.9. The lowest BCUT2D eigenvalue weighted by Gasteiger charge is -2.09. The SMILES string of the molecule is Fc1ccc(CCNCc2cccc(Oc3ccccc3)c2)cc1. The number of halogens is 1. The Balaban J connectivity index is 1.48. The van der Waals surface area contributed by atoms with Crippen LogP contribution in [-0.2, 0) is 13.0 Å². The summed E-state index contributed by atoms with van der Waals surface area (Å²) in [6.07, 6.45) is 0.875. The predicted molar refractivity (Wildman–Crippen MR) is 94.8 cm³/mol. The van der Waals surface area contributed by atoms with Gasteiger partial charge in [-0.3, -0.25) is 0 Å². The van der Waals surface area contributed by atoms with Crippen molar-refractivity contribution in [2.75, 3.05) is 6.54 Å². The van der Waals surface area contributed by atoms with E-state index in [1.807, 2.05) is 60.7 Å². The molecule has 2 nitrogen and oxygen atoms in total. The number of hydrogen-bond acceptors (Lipinski definition) is 2. The maximum Gasteiger partial charge on any atom is 0.127 e. The van der Waals surface area contributed by atoms with Crippen LogP contribution in [0.3, 0.4) is 0 Å². The van der Waals surface area contributed by atoms with Crippen LogP contribution < -0.4 is 10.1 Å². The van der Waals surface area contributed by atoms with Crippen LogP contribution in [0.2, 0.25) is 0 Å². The van der Waals surface area contributed by atoms with Gasteiger partial charge in [-0.2, -0.15) is 0 Å². The summed E-state index contributed by atoms with van der Waals surface area (Å²) in [6.45, 7) is 1.61. The zero-order valence-electron chi connectivity index (χ0n) is 13.4. The van der Waals surface area contributed by atoms with Gasteiger partial charge in [0.25, 0.3) is 0 Å². The van der Waals surface area contributed by atoms with E-state index in [0.717, 1.165) is 36.6 Å². The topological polar surface area (TPSA) is 21.3 Å². The molecule has 0 fully saturated rings. The Morgan fingerprint density at radius 3 is 2.29 bits per heavy atom. The Morgan fingerprint density at radius 1 is 0.750 bits per heavy atom. The number of rotatable bonds is 7. The minimum atomic E-state index is -0.193. The Kier molecular flexibility index (Phi) is 5.59. The van der Waals surface area contributed by atoms with Gasteiger partial charge in [-0.15, -0.1) is 0 Å². The Hall–Kier alpha value is -2.65. The van der Waals surface area contributed by atoms with E-state index in [9.17, 15) is 4.39 Å². The number of hydrogen-bond donors (Lipinski definition) is 1. The molecule has 24 heavy (non-hydrogen) atoms. The average molecular weight is 321 g/mol. The van der Waals surface area contributed by atoms with Crippen LogP contribution in [0.25, 0.3) is 0 Å². The van der Waals surface area contributed by atoms with Crippen LogP contribution in [0.1, 0.15) is 11.1 Å². The van der Waals surface area contributed by atoms with Crippen molar-refractivity contribution in [3.05, 3.63) is 95.8 Å². The summed E-state index contributed by atoms with van der Waals surface area (Å²) in [5.74, 6) is 1.47. The van der Waals surface area contributed by atoms with E-state index in [-0.39, 0.29) is 5.82 Å². The molecule has 3 aromatic rings. The summed E-state index contributed by atoms with van der Waals surface area (Å²) in [6, 6.07) is 24.5. The molecule has 0 aromatic heterocycles. The number of para-hydroxylation sites is 1. The maximum atomic E-state index is 12.9. The van der Waals surface area contributed by atoms with Gasteiger partial charge in [-0.05, 0) is 60.5 Å². The third-order valence-corrected chi connectivity index (χ3v) is 3.71. The largest absolute Gasteiger partial charge is 0.457 e. The number of nitrogens with one attached hydrogen (secondary N) is 1. The second-order valence-corrected chi connectivity index (χ2v) is 5.62. The molecule has 3 aromatic carbocycles. The van der Waals surface area contributed by atoms with Crippen LogP contribution >= 0.6 is 0 Å². The molecule has 0 atom stereocenters. The highest BCUT2D eigenvalue weighted by atomic mass is 19.1. The molecule has 0 unspecified atom stereocenters. The van der Waals surface area contributed by atoms with Crippen molar-refractivity contribution >= 4 is 0 Å². The van der Waals surface area contributed by atoms with Gasteiger partial charge in [-0.1, -0.05) is 42.5 Å². The monoisotopic (exact) mass is 321 g/mol. The standard InChI is InChI=1S/C21H20FNO/c22-19-11-9-17(10-12-19)13-14-23-16-18-5-4-8-21(15-18)24-20-6-2-1-3-7-20/h1-12,15,23H,13-14,16H2. The van der Waals surface area contributed by atoms with Crippen LogP contribution in [0.5, 0.6) is 11.5 Å². The van der Waals surface area contributed by atoms with Crippen molar-refractivity contribution in [2.45, 2.75) is 13.0 Å². The van der Waals surface area contributed by atoms with Crippen molar-refractivity contribution in [1.82, 2.24) is 5.32 Å². The minimum absolute atomic E-state index is 0.193. The highest BCUT2D eigenvalue weighted by Gasteiger charge is 1.99. The quantitative estimate of drug-likeness (QED) is 0.622. The first kappa shape index (κ1) is 16.2. The second-order valence-electron chi connectivity index (χ2n) is 5.62. The third kappa shape index (κ3) is 4.93. The van der Waals surface area contributed by atoms with Crippen LogP contribution in [0.4, 0.5) is 4.39 Å². The second kappa shape index (κ2) is 8.27. The summed E-state index contributed by atoms with van der Waals surface area (Å²) < 4.78 is 18.7. The molecule has 0 saturated carbocycles. The van der Waals surface area contributed by atoms with Crippen LogP contribution in [0, 0.1) is 5.82 Å². The highest BCUT2D eigenvalue weighted by Crippen LogP contribution is 2.21. The molecule has 3 heteroatoms. The lowest BCUT2D eigenvalue weighted by atomic mass is 10.1. The smallest absolute Gasteiger partial charge is 0.127 e. The van der Waals surface area contributed by atoms with Crippen LogP contribution in [0.15, 0.2) is 78.9 Å². The van der Waals surface area contributed by atoms with Crippen molar-refractivity contribution in [3.63, 3.8) is 0 Å². The van der Waals surface area contributed by atoms with Crippen LogP contribution in [-0.4, -0.2) is 6.54 Å². The van der Waals surface area contributed by atoms with Crippen molar-refractivity contribution in [3.8, 4) is 11.5 Å². The Labute approximate surface area is 141 Å². The van der Waals surface area contributed by atoms with Gasteiger partial charge >= 0.3 is 0 Å². The fraction of sp³-hybridized carbons (Fsp3) is 0.143. The first-order chi connectivity index (χ1) is 11.8. The molecule has 0 aliphatic carbocycles. The molecule has 0 radical (unpaired) electrons. The molecule has 0 bridgehead atoms. The van der Waals surface area contributed by atoms with E-state index in [1.165, 1.54) is 17.7 Å². The van der Waals surface area contributed by atoms with Gasteiger partial charge < -0.3 is 10.1 Å². The fourth-order valence-corrected chi connectivity index (χ4v) is 2.46. The van der Waals surface area contributed by atoms with Crippen molar-refractivity contribution in [2.24, 2.45) is 0 Å². The van der Waals surface area contributed by atoms with E-state index < -0.39 is 0 Å². The van der Waals surface area contributed by atoms with E-state index in [4.69, 9.17) is 4.74 Å². The molecule has 0 heterocycles. The first-order valence-electron chi connectivity index (χ1n) is 8.06. The van der Waals surface area contributed by atoms with Gasteiger partial charge in [0.2, 0.25) is 0 Å². The number of ether oxygens (including phenoxy) is 1. The summed E-state index contributed by atoms with van der Waals surface area (Å²) in [5, 5.41) is 3.41. The molecule has 0 aliphatic rings. The van der Waals surface area contributed by atoms with E-state index >= 15 is 0 Å². The highest BCUT2D eigenvalue weighted by molar-refractivity contribution is 5.33. The van der Waals surface area contributed by atoms with Crippen molar-refractivity contribution in [1.29, 1.82) is 0 Å². The molecule has 0 saturated heterocycles. The van der Waals surface area contributed by atoms with E-state index in [2.05, 4.69) is 11.4 Å². The predicted octanol–water partition coefficient (Wildman–Crippen LogP) is 4.95. The van der Waals surface area contributed by atoms with Gasteiger partial charge in [0.1, 0.15) is 17.3 Å². The minimum Gasteiger partial charge on any atom is -0.457 e. The van der Waals surface area contributed by atoms with Gasteiger partial charge in [0.05, 0.1) is 0 Å². The average Bonchev–Trinajstić information content (AvgIpc) is 2.61. The molecule has 122 valence electrons. The summed E-state index contributed by atoms with van der Waals surface area (Å²) >= 11 is 0. The van der Waals surface area contributed by atoms with Gasteiger partial charge in [0.15, 0.2) is 0 Å². The molecular formula is C21H20FNO. The fourth-order valence-electron chi connectivity index (χ4n) is 2.46. The first-order valence-corrected chi connectivity index (χ1v) is 8.06. The molecule has 0 amide bonds. The summed E-state index contributed by atoms with van der Waals surface area (Å²) in [7, 11) is 0. The Bertz CT molecular complexity index is 756. The zero-order valence-corrected chi connectivity index (χ0v) is 13.4.